The lowest BCUT2D eigenvalue weighted by Gasteiger charge is -2.30. The third-order valence-electron chi connectivity index (χ3n) is 7.63. The fourth-order valence-corrected chi connectivity index (χ4v) is 6.25. The number of aliphatic carboxylic acids is 1. The van der Waals surface area contributed by atoms with Crippen LogP contribution < -0.4 is 9.64 Å². The molecule has 0 saturated carbocycles. The molecule has 0 saturated heterocycles. The van der Waals surface area contributed by atoms with E-state index in [1.807, 2.05) is 13.0 Å². The van der Waals surface area contributed by atoms with Crippen LogP contribution in [0.2, 0.25) is 10.0 Å². The van der Waals surface area contributed by atoms with E-state index in [4.69, 9.17) is 32.7 Å². The predicted molar refractivity (Wildman–Crippen MR) is 158 cm³/mol. The van der Waals surface area contributed by atoms with E-state index in [2.05, 4.69) is 0 Å². The Balaban J connectivity index is 1.78. The molecule has 3 aromatic carbocycles. The zero-order chi connectivity index (χ0) is 29.8. The molecule has 216 valence electrons. The Kier molecular flexibility index (Phi) is 7.83. The van der Waals surface area contributed by atoms with Crippen LogP contribution in [0.5, 0.6) is 5.75 Å². The number of carboxylic acid groups (broad SMARTS) is 1. The van der Waals surface area contributed by atoms with Crippen molar-refractivity contribution in [1.29, 1.82) is 0 Å². The van der Waals surface area contributed by atoms with E-state index < -0.39 is 23.5 Å². The lowest BCUT2D eigenvalue weighted by Crippen LogP contribution is -2.30. The summed E-state index contributed by atoms with van der Waals surface area (Å²) in [5.41, 5.74) is 4.65. The molecule has 2 aliphatic heterocycles. The number of benzene rings is 3. The molecule has 0 radical (unpaired) electrons. The largest absolute Gasteiger partial charge is 0.490 e. The quantitative estimate of drug-likeness (QED) is 0.323. The number of halogens is 3. The second-order valence-corrected chi connectivity index (χ2v) is 12.3. The number of anilines is 1. The van der Waals surface area contributed by atoms with Crippen LogP contribution in [-0.4, -0.2) is 35.7 Å². The van der Waals surface area contributed by atoms with Crippen molar-refractivity contribution in [2.75, 3.05) is 18.1 Å². The lowest BCUT2D eigenvalue weighted by molar-refractivity contribution is -0.160. The fourth-order valence-electron chi connectivity index (χ4n) is 5.87. The molecule has 0 bridgehead atoms. The number of carbonyl (C=O) groups excluding carboxylic acids is 1. The number of fused-ring (bicyclic) bond motifs is 2. The van der Waals surface area contributed by atoms with Crippen molar-refractivity contribution >= 4 is 40.8 Å². The van der Waals surface area contributed by atoms with Gasteiger partial charge in [-0.15, -0.1) is 0 Å². The summed E-state index contributed by atoms with van der Waals surface area (Å²) in [6.07, 6.45) is 0.507. The van der Waals surface area contributed by atoms with E-state index in [-0.39, 0.29) is 27.3 Å². The van der Waals surface area contributed by atoms with Crippen molar-refractivity contribution in [3.05, 3.63) is 79.6 Å². The molecule has 2 heterocycles. The molecular formula is C32H32Cl2FNO5. The SMILES string of the molecule is Cc1cc2c(c(-c3cc(F)c4c(c3C)CCCO4)c1C(OC(C)(C)C)C(=O)O)CCN2C(=O)c1cccc(Cl)c1Cl. The van der Waals surface area contributed by atoms with Gasteiger partial charge in [-0.1, -0.05) is 29.3 Å². The third-order valence-corrected chi connectivity index (χ3v) is 8.44. The first-order chi connectivity index (χ1) is 19.3. The first kappa shape index (κ1) is 29.4. The van der Waals surface area contributed by atoms with Crippen molar-refractivity contribution in [3.63, 3.8) is 0 Å². The maximum Gasteiger partial charge on any atom is 0.337 e. The molecule has 6 nitrogen and oxygen atoms in total. The van der Waals surface area contributed by atoms with Crippen molar-refractivity contribution in [2.24, 2.45) is 0 Å². The maximum absolute atomic E-state index is 15.6. The number of rotatable bonds is 5. The second-order valence-electron chi connectivity index (χ2n) is 11.5. The maximum atomic E-state index is 15.6. The summed E-state index contributed by atoms with van der Waals surface area (Å²) in [5.74, 6) is -1.73. The van der Waals surface area contributed by atoms with Crippen LogP contribution in [0.25, 0.3) is 11.1 Å². The molecule has 0 aromatic heterocycles. The first-order valence-electron chi connectivity index (χ1n) is 13.6. The highest BCUT2D eigenvalue weighted by atomic mass is 35.5. The van der Waals surface area contributed by atoms with Gasteiger partial charge in [-0.3, -0.25) is 4.79 Å². The van der Waals surface area contributed by atoms with Gasteiger partial charge in [-0.25, -0.2) is 9.18 Å². The standard InChI is InChI=1S/C32H32Cl2FNO5/c1-16-14-24-19(11-12-36(24)30(37)20-8-6-10-22(33)27(20)34)26(25(16)29(31(38)39)41-32(3,4)5)21-15-23(35)28-18(17(21)2)9-7-13-40-28/h6,8,10,14-15,29H,7,9,11-13H2,1-5H3,(H,38,39). The Morgan fingerprint density at radius 1 is 1.12 bits per heavy atom. The summed E-state index contributed by atoms with van der Waals surface area (Å²) in [4.78, 5) is 28.1. The number of aryl methyl sites for hydroxylation is 1. The van der Waals surface area contributed by atoms with Crippen LogP contribution in [0.3, 0.4) is 0 Å². The van der Waals surface area contributed by atoms with E-state index in [1.165, 1.54) is 6.07 Å². The topological polar surface area (TPSA) is 76.1 Å². The number of carbonyl (C=O) groups is 2. The minimum absolute atomic E-state index is 0.165. The molecule has 2 aliphatic rings. The zero-order valence-corrected chi connectivity index (χ0v) is 25.2. The van der Waals surface area contributed by atoms with Gasteiger partial charge < -0.3 is 19.5 Å². The second kappa shape index (κ2) is 10.9. The Morgan fingerprint density at radius 3 is 2.54 bits per heavy atom. The molecular weight excluding hydrogens is 568 g/mol. The number of hydrogen-bond acceptors (Lipinski definition) is 4. The summed E-state index contributed by atoms with van der Waals surface area (Å²) in [5, 5.41) is 10.8. The Hall–Kier alpha value is -3.13. The summed E-state index contributed by atoms with van der Waals surface area (Å²) in [7, 11) is 0. The predicted octanol–water partition coefficient (Wildman–Crippen LogP) is 7.89. The van der Waals surface area contributed by atoms with E-state index in [9.17, 15) is 14.7 Å². The average Bonchev–Trinajstić information content (AvgIpc) is 3.33. The van der Waals surface area contributed by atoms with Crippen LogP contribution in [0.4, 0.5) is 10.1 Å². The number of hydrogen-bond donors (Lipinski definition) is 1. The van der Waals surface area contributed by atoms with Gasteiger partial charge >= 0.3 is 5.97 Å². The van der Waals surface area contributed by atoms with Crippen molar-refractivity contribution < 1.29 is 28.6 Å². The fraction of sp³-hybridized carbons (Fsp3) is 0.375. The van der Waals surface area contributed by atoms with Crippen LogP contribution in [0.15, 0.2) is 30.3 Å². The van der Waals surface area contributed by atoms with Gasteiger partial charge in [0.1, 0.15) is 0 Å². The van der Waals surface area contributed by atoms with Crippen LogP contribution in [0, 0.1) is 19.7 Å². The molecule has 41 heavy (non-hydrogen) atoms. The summed E-state index contributed by atoms with van der Waals surface area (Å²) >= 11 is 12.6. The van der Waals surface area contributed by atoms with Gasteiger partial charge in [0, 0.05) is 23.4 Å². The van der Waals surface area contributed by atoms with Gasteiger partial charge in [-0.2, -0.15) is 0 Å². The minimum Gasteiger partial charge on any atom is -0.490 e. The Labute approximate surface area is 249 Å². The van der Waals surface area contributed by atoms with Crippen molar-refractivity contribution in [1.82, 2.24) is 0 Å². The average molecular weight is 601 g/mol. The summed E-state index contributed by atoms with van der Waals surface area (Å²) in [6.45, 7) is 9.86. The molecule has 1 atom stereocenters. The van der Waals surface area contributed by atoms with Crippen molar-refractivity contribution in [3.8, 4) is 16.9 Å². The molecule has 3 aromatic rings. The zero-order valence-electron chi connectivity index (χ0n) is 23.7. The van der Waals surface area contributed by atoms with Gasteiger partial charge in [0.2, 0.25) is 0 Å². The Morgan fingerprint density at radius 2 is 1.85 bits per heavy atom. The lowest BCUT2D eigenvalue weighted by atomic mass is 9.83. The van der Waals surface area contributed by atoms with E-state index in [0.29, 0.717) is 53.9 Å². The summed E-state index contributed by atoms with van der Waals surface area (Å²) in [6, 6.07) is 8.14. The minimum atomic E-state index is -1.32. The molecule has 1 unspecified atom stereocenters. The number of carboxylic acids is 1. The van der Waals surface area contributed by atoms with E-state index in [1.54, 1.807) is 50.8 Å². The smallest absolute Gasteiger partial charge is 0.337 e. The van der Waals surface area contributed by atoms with E-state index >= 15 is 4.39 Å². The molecule has 0 fully saturated rings. The van der Waals surface area contributed by atoms with Gasteiger partial charge in [0.25, 0.3) is 5.91 Å². The van der Waals surface area contributed by atoms with Crippen LogP contribution in [-0.2, 0) is 22.4 Å². The van der Waals surface area contributed by atoms with Crippen molar-refractivity contribution in [2.45, 2.75) is 65.6 Å². The molecule has 0 spiro atoms. The highest BCUT2D eigenvalue weighted by Crippen LogP contribution is 2.48. The van der Waals surface area contributed by atoms with Crippen LogP contribution in [0.1, 0.15) is 71.5 Å². The molecule has 1 N–H and O–H groups in total. The first-order valence-corrected chi connectivity index (χ1v) is 14.3. The summed E-state index contributed by atoms with van der Waals surface area (Å²) < 4.78 is 27.3. The molecule has 1 amide bonds. The Bertz CT molecular complexity index is 1580. The molecule has 0 aliphatic carbocycles. The van der Waals surface area contributed by atoms with E-state index in [0.717, 1.165) is 23.1 Å². The number of ether oxygens (including phenoxy) is 2. The molecule has 5 rings (SSSR count). The normalized spacial score (nSPS) is 15.3. The van der Waals surface area contributed by atoms with Gasteiger partial charge in [-0.05, 0) is 106 Å². The van der Waals surface area contributed by atoms with Crippen LogP contribution >= 0.6 is 23.2 Å². The number of nitrogens with zero attached hydrogens (tertiary/aromatic N) is 1. The third kappa shape index (κ3) is 5.31. The molecule has 9 heteroatoms. The highest BCUT2D eigenvalue weighted by molar-refractivity contribution is 6.44. The monoisotopic (exact) mass is 599 g/mol. The van der Waals surface area contributed by atoms with Gasteiger partial charge in [0.05, 0.1) is 27.8 Å². The number of amides is 1. The highest BCUT2D eigenvalue weighted by Gasteiger charge is 2.37. The van der Waals surface area contributed by atoms with Gasteiger partial charge in [0.15, 0.2) is 17.7 Å².